The van der Waals surface area contributed by atoms with Gasteiger partial charge >= 0.3 is 0 Å². The van der Waals surface area contributed by atoms with E-state index in [-0.39, 0.29) is 0 Å². The number of aliphatic imine (C=N–C) groups is 1. The number of nitrogens with zero attached hydrogens (tertiary/aromatic N) is 4. The molecule has 6 nitrogen and oxygen atoms in total. The van der Waals surface area contributed by atoms with Crippen LogP contribution < -0.4 is 10.6 Å². The molecule has 0 amide bonds. The van der Waals surface area contributed by atoms with Gasteiger partial charge in [-0.1, -0.05) is 18.9 Å². The molecule has 0 spiro atoms. The van der Waals surface area contributed by atoms with Crippen molar-refractivity contribution in [1.82, 2.24) is 24.9 Å². The van der Waals surface area contributed by atoms with Crippen molar-refractivity contribution in [3.8, 4) is 0 Å². The maximum absolute atomic E-state index is 4.63. The van der Waals surface area contributed by atoms with E-state index in [9.17, 15) is 0 Å². The van der Waals surface area contributed by atoms with Crippen LogP contribution in [0.15, 0.2) is 35.6 Å². The highest BCUT2D eigenvalue weighted by Crippen LogP contribution is 2.09. The number of guanidine groups is 1. The molecule has 6 heteroatoms. The Hall–Kier alpha value is -2.08. The predicted octanol–water partition coefficient (Wildman–Crippen LogP) is 2.31. The van der Waals surface area contributed by atoms with Gasteiger partial charge in [0, 0.05) is 39.0 Å². The minimum atomic E-state index is 0.829. The predicted molar refractivity (Wildman–Crippen MR) is 108 cm³/mol. The minimum Gasteiger partial charge on any atom is -0.356 e. The quantitative estimate of drug-likeness (QED) is 0.454. The molecule has 2 aromatic heterocycles. The van der Waals surface area contributed by atoms with E-state index in [1.807, 2.05) is 31.4 Å². The van der Waals surface area contributed by atoms with E-state index >= 15 is 0 Å². The molecule has 2 N–H and O–H groups in total. The molecular weight excluding hydrogens is 324 g/mol. The van der Waals surface area contributed by atoms with Gasteiger partial charge in [-0.05, 0) is 51.0 Å². The lowest BCUT2D eigenvalue weighted by Crippen LogP contribution is -2.39. The van der Waals surface area contributed by atoms with Gasteiger partial charge in [0.15, 0.2) is 5.96 Å². The van der Waals surface area contributed by atoms with Crippen molar-refractivity contribution in [2.24, 2.45) is 4.99 Å². The number of hydrogen-bond acceptors (Lipinski definition) is 3. The van der Waals surface area contributed by atoms with Gasteiger partial charge in [-0.2, -0.15) is 0 Å². The van der Waals surface area contributed by atoms with Crippen molar-refractivity contribution >= 4 is 11.6 Å². The number of likely N-dealkylation sites (tertiary alicyclic amines) is 1. The van der Waals surface area contributed by atoms with Crippen LogP contribution >= 0.6 is 0 Å². The van der Waals surface area contributed by atoms with E-state index in [1.165, 1.54) is 45.3 Å². The van der Waals surface area contributed by atoms with E-state index in [1.54, 1.807) is 0 Å². The maximum Gasteiger partial charge on any atom is 0.190 e. The summed E-state index contributed by atoms with van der Waals surface area (Å²) < 4.78 is 2.06. The zero-order valence-corrected chi connectivity index (χ0v) is 16.0. The van der Waals surface area contributed by atoms with E-state index in [4.69, 9.17) is 0 Å². The first-order valence-electron chi connectivity index (χ1n) is 9.94. The first kappa shape index (κ1) is 18.7. The van der Waals surface area contributed by atoms with E-state index in [2.05, 4.69) is 36.1 Å². The number of pyridine rings is 1. The van der Waals surface area contributed by atoms with Gasteiger partial charge in [0.05, 0.1) is 5.69 Å². The Morgan fingerprint density at radius 3 is 2.69 bits per heavy atom. The zero-order chi connectivity index (χ0) is 18.0. The largest absolute Gasteiger partial charge is 0.356 e. The second-order valence-electron chi connectivity index (χ2n) is 6.98. The molecule has 0 atom stereocenters. The van der Waals surface area contributed by atoms with Crippen molar-refractivity contribution in [3.63, 3.8) is 0 Å². The van der Waals surface area contributed by atoms with Crippen molar-refractivity contribution in [2.75, 3.05) is 39.8 Å². The maximum atomic E-state index is 4.63. The van der Waals surface area contributed by atoms with E-state index in [0.717, 1.165) is 43.2 Å². The van der Waals surface area contributed by atoms with Gasteiger partial charge in [0.2, 0.25) is 0 Å². The topological polar surface area (TPSA) is 57.0 Å². The highest BCUT2D eigenvalue weighted by atomic mass is 15.2. The molecule has 1 fully saturated rings. The number of aromatic nitrogens is 2. The summed E-state index contributed by atoms with van der Waals surface area (Å²) in [6.07, 6.45) is 11.7. The molecule has 0 radical (unpaired) electrons. The van der Waals surface area contributed by atoms with Crippen molar-refractivity contribution in [2.45, 2.75) is 38.5 Å². The molecule has 2 aromatic rings. The van der Waals surface area contributed by atoms with Crippen LogP contribution in [-0.4, -0.2) is 60.0 Å². The molecular formula is C20H32N6. The molecule has 0 bridgehead atoms. The Kier molecular flexibility index (Phi) is 7.31. The number of nitrogens with one attached hydrogen (secondary N) is 2. The summed E-state index contributed by atoms with van der Waals surface area (Å²) in [6, 6.07) is 6.07. The number of fused-ring (bicyclic) bond motifs is 1. The summed E-state index contributed by atoms with van der Waals surface area (Å²) in [4.78, 5) is 11.5. The standard InChI is InChI=1S/C20H32N6/c1-21-20(22-11-8-15-25-13-5-2-3-6-14-25)23-12-10-18-17-26-16-7-4-9-19(26)24-18/h4,7,9,16-17H,2-3,5-6,8,10-15H2,1H3,(H2,21,22,23). The monoisotopic (exact) mass is 356 g/mol. The van der Waals surface area contributed by atoms with Crippen LogP contribution in [-0.2, 0) is 6.42 Å². The van der Waals surface area contributed by atoms with Gasteiger partial charge in [-0.25, -0.2) is 4.98 Å². The highest BCUT2D eigenvalue weighted by molar-refractivity contribution is 5.79. The number of hydrogen-bond donors (Lipinski definition) is 2. The van der Waals surface area contributed by atoms with E-state index in [0.29, 0.717) is 0 Å². The summed E-state index contributed by atoms with van der Waals surface area (Å²) in [5.74, 6) is 0.879. The molecule has 1 aliphatic heterocycles. The molecule has 0 unspecified atom stereocenters. The first-order valence-corrected chi connectivity index (χ1v) is 9.94. The fraction of sp³-hybridized carbons (Fsp3) is 0.600. The third-order valence-electron chi connectivity index (χ3n) is 4.95. The van der Waals surface area contributed by atoms with Crippen LogP contribution in [0, 0.1) is 0 Å². The second kappa shape index (κ2) is 10.2. The molecule has 3 rings (SSSR count). The zero-order valence-electron chi connectivity index (χ0n) is 16.0. The SMILES string of the molecule is CN=C(NCCCN1CCCCCC1)NCCc1cn2ccccc2n1. The molecule has 1 aliphatic rings. The van der Waals surface area contributed by atoms with Crippen LogP contribution in [0.4, 0.5) is 0 Å². The lowest BCUT2D eigenvalue weighted by molar-refractivity contribution is 0.282. The Bertz CT molecular complexity index is 651. The summed E-state index contributed by atoms with van der Waals surface area (Å²) >= 11 is 0. The Morgan fingerprint density at radius 1 is 1.12 bits per heavy atom. The van der Waals surface area contributed by atoms with Gasteiger partial charge in [-0.15, -0.1) is 0 Å². The molecule has 142 valence electrons. The average Bonchev–Trinajstić information content (AvgIpc) is 2.90. The molecule has 0 saturated carbocycles. The lowest BCUT2D eigenvalue weighted by atomic mass is 10.2. The van der Waals surface area contributed by atoms with Crippen LogP contribution in [0.1, 0.15) is 37.8 Å². The Labute approximate surface area is 156 Å². The smallest absolute Gasteiger partial charge is 0.190 e. The minimum absolute atomic E-state index is 0.829. The second-order valence-corrected chi connectivity index (χ2v) is 6.98. The van der Waals surface area contributed by atoms with Crippen LogP contribution in [0.3, 0.4) is 0 Å². The van der Waals surface area contributed by atoms with Crippen molar-refractivity contribution in [1.29, 1.82) is 0 Å². The van der Waals surface area contributed by atoms with Crippen LogP contribution in [0.5, 0.6) is 0 Å². The van der Waals surface area contributed by atoms with Crippen molar-refractivity contribution < 1.29 is 0 Å². The third-order valence-corrected chi connectivity index (χ3v) is 4.95. The summed E-state index contributed by atoms with van der Waals surface area (Å²) in [6.45, 7) is 5.52. The first-order chi connectivity index (χ1) is 12.8. The number of rotatable bonds is 7. The normalized spacial score (nSPS) is 16.6. The fourth-order valence-corrected chi connectivity index (χ4v) is 3.51. The molecule has 0 aliphatic carbocycles. The van der Waals surface area contributed by atoms with Gasteiger partial charge in [-0.3, -0.25) is 4.99 Å². The average molecular weight is 357 g/mol. The highest BCUT2D eigenvalue weighted by Gasteiger charge is 2.08. The Balaban J connectivity index is 1.32. The fourth-order valence-electron chi connectivity index (χ4n) is 3.51. The summed E-state index contributed by atoms with van der Waals surface area (Å²) in [5, 5.41) is 6.81. The van der Waals surface area contributed by atoms with Crippen molar-refractivity contribution in [3.05, 3.63) is 36.3 Å². The molecule has 1 saturated heterocycles. The van der Waals surface area contributed by atoms with Gasteiger partial charge < -0.3 is 19.9 Å². The van der Waals surface area contributed by atoms with Crippen LogP contribution in [0.2, 0.25) is 0 Å². The van der Waals surface area contributed by atoms with Crippen LogP contribution in [0.25, 0.3) is 5.65 Å². The molecule has 0 aromatic carbocycles. The Morgan fingerprint density at radius 2 is 1.92 bits per heavy atom. The molecule has 26 heavy (non-hydrogen) atoms. The summed E-state index contributed by atoms with van der Waals surface area (Å²) in [7, 11) is 1.83. The number of imidazole rings is 1. The third kappa shape index (κ3) is 5.73. The van der Waals surface area contributed by atoms with Gasteiger partial charge in [0.25, 0.3) is 0 Å². The van der Waals surface area contributed by atoms with Gasteiger partial charge in [0.1, 0.15) is 5.65 Å². The molecule has 3 heterocycles. The van der Waals surface area contributed by atoms with E-state index < -0.39 is 0 Å². The summed E-state index contributed by atoms with van der Waals surface area (Å²) in [5.41, 5.74) is 2.10. The lowest BCUT2D eigenvalue weighted by Gasteiger charge is -2.20.